The maximum atomic E-state index is 11.4. The lowest BCUT2D eigenvalue weighted by molar-refractivity contribution is 0.0696. The van der Waals surface area contributed by atoms with E-state index in [1.54, 1.807) is 18.2 Å². The van der Waals surface area contributed by atoms with Crippen molar-refractivity contribution in [3.05, 3.63) is 83.9 Å². The summed E-state index contributed by atoms with van der Waals surface area (Å²) in [4.78, 5) is 11.4. The number of benzene rings is 3. The zero-order chi connectivity index (χ0) is 16.9. The van der Waals surface area contributed by atoms with Crippen LogP contribution in [0.1, 0.15) is 15.9 Å². The van der Waals surface area contributed by atoms with Gasteiger partial charge >= 0.3 is 5.97 Å². The lowest BCUT2D eigenvalue weighted by atomic mass is 10.0. The van der Waals surface area contributed by atoms with Gasteiger partial charge in [-0.05, 0) is 47.0 Å². The number of anilines is 1. The number of ether oxygens (including phenoxy) is 1. The van der Waals surface area contributed by atoms with E-state index in [0.717, 1.165) is 16.7 Å². The smallest absolute Gasteiger partial charge is 0.335 e. The number of carboxylic acids is 1. The van der Waals surface area contributed by atoms with Crippen LogP contribution in [0.25, 0.3) is 11.1 Å². The van der Waals surface area contributed by atoms with Crippen molar-refractivity contribution < 1.29 is 14.6 Å². The molecule has 24 heavy (non-hydrogen) atoms. The number of aromatic carboxylic acids is 1. The van der Waals surface area contributed by atoms with E-state index in [-0.39, 0.29) is 5.56 Å². The number of nitrogen functional groups attached to an aromatic ring is 1. The third-order valence-corrected chi connectivity index (χ3v) is 3.65. The highest BCUT2D eigenvalue weighted by Gasteiger charge is 2.09. The molecule has 0 bridgehead atoms. The maximum absolute atomic E-state index is 11.4. The normalized spacial score (nSPS) is 10.3. The number of rotatable bonds is 5. The minimum Gasteiger partial charge on any atom is -0.489 e. The van der Waals surface area contributed by atoms with Gasteiger partial charge in [0.2, 0.25) is 0 Å². The largest absolute Gasteiger partial charge is 0.489 e. The van der Waals surface area contributed by atoms with Crippen LogP contribution in [-0.4, -0.2) is 11.1 Å². The predicted molar refractivity (Wildman–Crippen MR) is 94.0 cm³/mol. The van der Waals surface area contributed by atoms with E-state index in [9.17, 15) is 9.90 Å². The van der Waals surface area contributed by atoms with Gasteiger partial charge in [0.05, 0.1) is 5.56 Å². The molecule has 4 heteroatoms. The number of hydrogen-bond donors (Lipinski definition) is 2. The molecule has 0 fully saturated rings. The van der Waals surface area contributed by atoms with Gasteiger partial charge in [0.1, 0.15) is 12.4 Å². The Labute approximate surface area is 140 Å². The summed E-state index contributed by atoms with van der Waals surface area (Å²) in [5, 5.41) is 9.33. The number of carboxylic acid groups (broad SMARTS) is 1. The Morgan fingerprint density at radius 2 is 1.62 bits per heavy atom. The fourth-order valence-electron chi connectivity index (χ4n) is 2.39. The first-order chi connectivity index (χ1) is 11.6. The molecular formula is C20H17NO3. The number of hydrogen-bond acceptors (Lipinski definition) is 3. The highest BCUT2D eigenvalue weighted by molar-refractivity contribution is 5.90. The summed E-state index contributed by atoms with van der Waals surface area (Å²) in [6, 6.07) is 22.0. The van der Waals surface area contributed by atoms with Gasteiger partial charge in [-0.2, -0.15) is 0 Å². The topological polar surface area (TPSA) is 72.5 Å². The van der Waals surface area contributed by atoms with Crippen molar-refractivity contribution in [2.24, 2.45) is 0 Å². The molecule has 0 aliphatic carbocycles. The molecule has 0 saturated heterocycles. The van der Waals surface area contributed by atoms with Crippen molar-refractivity contribution in [1.29, 1.82) is 0 Å². The molecule has 120 valence electrons. The van der Waals surface area contributed by atoms with Crippen LogP contribution in [0.3, 0.4) is 0 Å². The highest BCUT2D eigenvalue weighted by Crippen LogP contribution is 2.27. The molecule has 3 N–H and O–H groups in total. The van der Waals surface area contributed by atoms with Crippen LogP contribution in [0, 0.1) is 0 Å². The Balaban J connectivity index is 1.91. The Kier molecular flexibility index (Phi) is 4.47. The summed E-state index contributed by atoms with van der Waals surface area (Å²) in [6.07, 6.45) is 0. The van der Waals surface area contributed by atoms with E-state index >= 15 is 0 Å². The van der Waals surface area contributed by atoms with Gasteiger partial charge in [-0.3, -0.25) is 0 Å². The number of carbonyl (C=O) groups is 1. The average molecular weight is 319 g/mol. The Morgan fingerprint density at radius 3 is 2.29 bits per heavy atom. The van der Waals surface area contributed by atoms with Crippen molar-refractivity contribution in [2.75, 3.05) is 5.73 Å². The number of nitrogens with two attached hydrogens (primary N) is 1. The van der Waals surface area contributed by atoms with E-state index in [1.165, 1.54) is 6.07 Å². The summed E-state index contributed by atoms with van der Waals surface area (Å²) in [7, 11) is 0. The molecule has 0 spiro atoms. The van der Waals surface area contributed by atoms with Gasteiger partial charge in [0.25, 0.3) is 0 Å². The SMILES string of the molecule is Nc1ccc(-c2cc(OCc3ccccc3)cc(C(=O)O)c2)cc1. The van der Waals surface area contributed by atoms with Gasteiger partial charge in [-0.15, -0.1) is 0 Å². The predicted octanol–water partition coefficient (Wildman–Crippen LogP) is 4.21. The first-order valence-corrected chi connectivity index (χ1v) is 7.53. The van der Waals surface area contributed by atoms with Crippen molar-refractivity contribution in [3.8, 4) is 16.9 Å². The first-order valence-electron chi connectivity index (χ1n) is 7.53. The van der Waals surface area contributed by atoms with Gasteiger partial charge in [0.15, 0.2) is 0 Å². The summed E-state index contributed by atoms with van der Waals surface area (Å²) in [5.41, 5.74) is 9.24. The Hall–Kier alpha value is -3.27. The molecular weight excluding hydrogens is 302 g/mol. The maximum Gasteiger partial charge on any atom is 0.335 e. The zero-order valence-corrected chi connectivity index (χ0v) is 13.0. The zero-order valence-electron chi connectivity index (χ0n) is 13.0. The van der Waals surface area contributed by atoms with Crippen LogP contribution in [0.15, 0.2) is 72.8 Å². The lowest BCUT2D eigenvalue weighted by Crippen LogP contribution is -2.00. The minimum absolute atomic E-state index is 0.187. The minimum atomic E-state index is -0.989. The molecule has 0 amide bonds. The van der Waals surface area contributed by atoms with E-state index in [2.05, 4.69) is 0 Å². The van der Waals surface area contributed by atoms with Gasteiger partial charge < -0.3 is 15.6 Å². The second-order valence-corrected chi connectivity index (χ2v) is 5.45. The molecule has 0 radical (unpaired) electrons. The molecule has 0 aromatic heterocycles. The third kappa shape index (κ3) is 3.73. The van der Waals surface area contributed by atoms with Crippen LogP contribution >= 0.6 is 0 Å². The van der Waals surface area contributed by atoms with Crippen LogP contribution < -0.4 is 10.5 Å². The second kappa shape index (κ2) is 6.87. The molecule has 0 heterocycles. The average Bonchev–Trinajstić information content (AvgIpc) is 2.61. The molecule has 0 aliphatic heterocycles. The van der Waals surface area contributed by atoms with Gasteiger partial charge in [-0.1, -0.05) is 42.5 Å². The van der Waals surface area contributed by atoms with Crippen LogP contribution in [0.5, 0.6) is 5.75 Å². The van der Waals surface area contributed by atoms with E-state index in [4.69, 9.17) is 10.5 Å². The first kappa shape index (κ1) is 15.6. The van der Waals surface area contributed by atoms with Crippen molar-refractivity contribution in [3.63, 3.8) is 0 Å². The standard InChI is InChI=1S/C20H17NO3/c21-18-8-6-15(7-9-18)16-10-17(20(22)23)12-19(11-16)24-13-14-4-2-1-3-5-14/h1-12H,13,21H2,(H,22,23). The van der Waals surface area contributed by atoms with Crippen molar-refractivity contribution >= 4 is 11.7 Å². The van der Waals surface area contributed by atoms with E-state index < -0.39 is 5.97 Å². The molecule has 4 nitrogen and oxygen atoms in total. The quantitative estimate of drug-likeness (QED) is 0.691. The molecule has 3 aromatic carbocycles. The summed E-state index contributed by atoms with van der Waals surface area (Å²) in [6.45, 7) is 0.380. The van der Waals surface area contributed by atoms with Gasteiger partial charge in [0, 0.05) is 5.69 Å². The summed E-state index contributed by atoms with van der Waals surface area (Å²) in [5.74, 6) is -0.470. The molecule has 0 unspecified atom stereocenters. The monoisotopic (exact) mass is 319 g/mol. The third-order valence-electron chi connectivity index (χ3n) is 3.65. The fraction of sp³-hybridized carbons (Fsp3) is 0.0500. The van der Waals surface area contributed by atoms with E-state index in [0.29, 0.717) is 18.0 Å². The summed E-state index contributed by atoms with van der Waals surface area (Å²) >= 11 is 0. The van der Waals surface area contributed by atoms with Crippen LogP contribution in [0.4, 0.5) is 5.69 Å². The lowest BCUT2D eigenvalue weighted by Gasteiger charge is -2.10. The molecule has 3 aromatic rings. The Bertz CT molecular complexity index is 843. The fourth-order valence-corrected chi connectivity index (χ4v) is 2.39. The summed E-state index contributed by atoms with van der Waals surface area (Å²) < 4.78 is 5.78. The second-order valence-electron chi connectivity index (χ2n) is 5.45. The van der Waals surface area contributed by atoms with Gasteiger partial charge in [-0.25, -0.2) is 4.79 Å². The molecule has 0 saturated carbocycles. The van der Waals surface area contributed by atoms with Crippen molar-refractivity contribution in [1.82, 2.24) is 0 Å². The Morgan fingerprint density at radius 1 is 0.917 bits per heavy atom. The van der Waals surface area contributed by atoms with Crippen LogP contribution in [-0.2, 0) is 6.61 Å². The molecule has 3 rings (SSSR count). The van der Waals surface area contributed by atoms with Crippen molar-refractivity contribution in [2.45, 2.75) is 6.61 Å². The van der Waals surface area contributed by atoms with E-state index in [1.807, 2.05) is 48.5 Å². The molecule has 0 aliphatic rings. The highest BCUT2D eigenvalue weighted by atomic mass is 16.5. The van der Waals surface area contributed by atoms with Crippen LogP contribution in [0.2, 0.25) is 0 Å². The molecule has 0 atom stereocenters.